The first kappa shape index (κ1) is 13.4. The van der Waals surface area contributed by atoms with Gasteiger partial charge >= 0.3 is 0 Å². The lowest BCUT2D eigenvalue weighted by Crippen LogP contribution is -2.13. The molecule has 1 saturated carbocycles. The number of aliphatic hydroxyl groups excluding tert-OH is 1. The van der Waals surface area contributed by atoms with Crippen LogP contribution < -0.4 is 0 Å². The Labute approximate surface area is 121 Å². The Kier molecular flexibility index (Phi) is 3.62. The monoisotopic (exact) mass is 266 g/mol. The van der Waals surface area contributed by atoms with E-state index in [9.17, 15) is 5.11 Å². The maximum absolute atomic E-state index is 10.8. The third kappa shape index (κ3) is 2.38. The second-order valence-corrected chi connectivity index (χ2v) is 6.00. The normalized spacial score (nSPS) is 16.8. The molecule has 0 radical (unpaired) electrons. The number of hydrogen-bond donors (Lipinski definition) is 1. The lowest BCUT2D eigenvalue weighted by atomic mass is 9.77. The van der Waals surface area contributed by atoms with Gasteiger partial charge in [-0.05, 0) is 60.4 Å². The van der Waals surface area contributed by atoms with Crippen molar-refractivity contribution in [1.29, 1.82) is 0 Å². The van der Waals surface area contributed by atoms with E-state index in [2.05, 4.69) is 44.2 Å². The number of hydrogen-bond acceptors (Lipinski definition) is 1. The van der Waals surface area contributed by atoms with Gasteiger partial charge in [-0.2, -0.15) is 0 Å². The van der Waals surface area contributed by atoms with Crippen LogP contribution in [0.15, 0.2) is 42.5 Å². The molecule has 1 nitrogen and oxygen atoms in total. The first-order chi connectivity index (χ1) is 9.66. The summed E-state index contributed by atoms with van der Waals surface area (Å²) in [7, 11) is 0. The van der Waals surface area contributed by atoms with E-state index in [1.54, 1.807) is 0 Å². The zero-order chi connectivity index (χ0) is 14.1. The van der Waals surface area contributed by atoms with Gasteiger partial charge in [0.1, 0.15) is 6.10 Å². The first-order valence-corrected chi connectivity index (χ1v) is 7.51. The number of rotatable bonds is 3. The zero-order valence-corrected chi connectivity index (χ0v) is 12.3. The molecule has 0 heterocycles. The SMILES string of the molecule is Cc1ccc(C(O)c2ccccc2C2CCC2)cc1C. The highest BCUT2D eigenvalue weighted by atomic mass is 16.3. The molecule has 1 fully saturated rings. The molecule has 0 spiro atoms. The lowest BCUT2D eigenvalue weighted by Gasteiger charge is -2.29. The molecule has 1 aliphatic rings. The highest BCUT2D eigenvalue weighted by Crippen LogP contribution is 2.40. The molecule has 2 aromatic rings. The Morgan fingerprint density at radius 2 is 1.75 bits per heavy atom. The number of aryl methyl sites for hydroxylation is 2. The van der Waals surface area contributed by atoms with Crippen molar-refractivity contribution in [2.75, 3.05) is 0 Å². The van der Waals surface area contributed by atoms with Gasteiger partial charge in [0, 0.05) is 0 Å². The van der Waals surface area contributed by atoms with Gasteiger partial charge in [-0.3, -0.25) is 0 Å². The molecule has 1 aliphatic carbocycles. The average molecular weight is 266 g/mol. The Hall–Kier alpha value is -1.60. The molecule has 1 heteroatoms. The van der Waals surface area contributed by atoms with Crippen LogP contribution in [0.5, 0.6) is 0 Å². The summed E-state index contributed by atoms with van der Waals surface area (Å²) >= 11 is 0. The maximum Gasteiger partial charge on any atom is 0.104 e. The van der Waals surface area contributed by atoms with Crippen molar-refractivity contribution in [3.05, 3.63) is 70.3 Å². The van der Waals surface area contributed by atoms with Gasteiger partial charge in [0.2, 0.25) is 0 Å². The Bertz CT molecular complexity index is 611. The van der Waals surface area contributed by atoms with Gasteiger partial charge in [0.05, 0.1) is 0 Å². The van der Waals surface area contributed by atoms with E-state index < -0.39 is 6.10 Å². The van der Waals surface area contributed by atoms with E-state index in [-0.39, 0.29) is 0 Å². The summed E-state index contributed by atoms with van der Waals surface area (Å²) in [5.41, 5.74) is 5.93. The van der Waals surface area contributed by atoms with Gasteiger partial charge in [0.25, 0.3) is 0 Å². The molecule has 104 valence electrons. The van der Waals surface area contributed by atoms with E-state index in [0.717, 1.165) is 11.1 Å². The quantitative estimate of drug-likeness (QED) is 0.857. The fourth-order valence-electron chi connectivity index (χ4n) is 2.97. The molecule has 1 N–H and O–H groups in total. The molecule has 2 aromatic carbocycles. The molecule has 20 heavy (non-hydrogen) atoms. The minimum atomic E-state index is -0.508. The number of aliphatic hydroxyl groups is 1. The molecule has 3 rings (SSSR count). The second-order valence-electron chi connectivity index (χ2n) is 6.00. The summed E-state index contributed by atoms with van der Waals surface area (Å²) < 4.78 is 0. The van der Waals surface area contributed by atoms with E-state index >= 15 is 0 Å². The van der Waals surface area contributed by atoms with Crippen LogP contribution in [0.4, 0.5) is 0 Å². The Balaban J connectivity index is 1.97. The van der Waals surface area contributed by atoms with Crippen LogP contribution in [0, 0.1) is 13.8 Å². The van der Waals surface area contributed by atoms with E-state index in [4.69, 9.17) is 0 Å². The maximum atomic E-state index is 10.8. The van der Waals surface area contributed by atoms with E-state index in [0.29, 0.717) is 5.92 Å². The third-order valence-corrected chi connectivity index (χ3v) is 4.68. The largest absolute Gasteiger partial charge is 0.384 e. The van der Waals surface area contributed by atoms with Crippen LogP contribution in [-0.2, 0) is 0 Å². The molecule has 0 aromatic heterocycles. The molecular formula is C19H22O. The van der Waals surface area contributed by atoms with Crippen molar-refractivity contribution < 1.29 is 5.11 Å². The van der Waals surface area contributed by atoms with Crippen LogP contribution in [0.2, 0.25) is 0 Å². The minimum absolute atomic E-state index is 0.508. The topological polar surface area (TPSA) is 20.2 Å². The van der Waals surface area contributed by atoms with Gasteiger partial charge < -0.3 is 5.11 Å². The summed E-state index contributed by atoms with van der Waals surface area (Å²) in [6, 6.07) is 14.6. The fraction of sp³-hybridized carbons (Fsp3) is 0.368. The van der Waals surface area contributed by atoms with Crippen molar-refractivity contribution >= 4 is 0 Å². The van der Waals surface area contributed by atoms with Crippen LogP contribution in [0.25, 0.3) is 0 Å². The lowest BCUT2D eigenvalue weighted by molar-refractivity contribution is 0.217. The molecule has 0 aliphatic heterocycles. The summed E-state index contributed by atoms with van der Waals surface area (Å²) in [4.78, 5) is 0. The summed E-state index contributed by atoms with van der Waals surface area (Å²) in [5, 5.41) is 10.8. The molecule has 0 saturated heterocycles. The molecule has 0 bridgehead atoms. The summed E-state index contributed by atoms with van der Waals surface area (Å²) in [5.74, 6) is 0.646. The standard InChI is InChI=1S/C19H22O/c1-13-10-11-16(12-14(13)2)19(20)18-9-4-3-8-17(18)15-6-5-7-15/h3-4,8-12,15,19-20H,5-7H2,1-2H3. The Morgan fingerprint density at radius 3 is 2.40 bits per heavy atom. The second kappa shape index (κ2) is 5.41. The van der Waals surface area contributed by atoms with Gasteiger partial charge in [0.15, 0.2) is 0 Å². The van der Waals surface area contributed by atoms with Crippen LogP contribution >= 0.6 is 0 Å². The van der Waals surface area contributed by atoms with E-state index in [1.807, 2.05) is 12.1 Å². The molecule has 0 amide bonds. The predicted molar refractivity (Wildman–Crippen MR) is 83.0 cm³/mol. The smallest absolute Gasteiger partial charge is 0.104 e. The fourth-order valence-corrected chi connectivity index (χ4v) is 2.97. The van der Waals surface area contributed by atoms with Crippen LogP contribution in [0.3, 0.4) is 0 Å². The molecular weight excluding hydrogens is 244 g/mol. The predicted octanol–water partition coefficient (Wildman–Crippen LogP) is 4.65. The van der Waals surface area contributed by atoms with Crippen molar-refractivity contribution in [2.45, 2.75) is 45.1 Å². The first-order valence-electron chi connectivity index (χ1n) is 7.51. The van der Waals surface area contributed by atoms with Gasteiger partial charge in [-0.15, -0.1) is 0 Å². The molecule has 1 atom stereocenters. The average Bonchev–Trinajstić information content (AvgIpc) is 2.40. The van der Waals surface area contributed by atoms with Gasteiger partial charge in [-0.1, -0.05) is 48.9 Å². The third-order valence-electron chi connectivity index (χ3n) is 4.68. The number of benzene rings is 2. The van der Waals surface area contributed by atoms with Crippen molar-refractivity contribution in [2.24, 2.45) is 0 Å². The highest BCUT2D eigenvalue weighted by Gasteiger charge is 2.24. The van der Waals surface area contributed by atoms with Crippen molar-refractivity contribution in [1.82, 2.24) is 0 Å². The van der Waals surface area contributed by atoms with Crippen LogP contribution in [0.1, 0.15) is 59.1 Å². The Morgan fingerprint density at radius 1 is 1.00 bits per heavy atom. The van der Waals surface area contributed by atoms with Gasteiger partial charge in [-0.25, -0.2) is 0 Å². The zero-order valence-electron chi connectivity index (χ0n) is 12.3. The van der Waals surface area contributed by atoms with Crippen LogP contribution in [-0.4, -0.2) is 5.11 Å². The summed E-state index contributed by atoms with van der Waals surface area (Å²) in [6.07, 6.45) is 3.33. The molecule has 1 unspecified atom stereocenters. The van der Waals surface area contributed by atoms with Crippen molar-refractivity contribution in [3.63, 3.8) is 0 Å². The highest BCUT2D eigenvalue weighted by molar-refractivity contribution is 5.40. The minimum Gasteiger partial charge on any atom is -0.384 e. The van der Waals surface area contributed by atoms with E-state index in [1.165, 1.54) is 36.0 Å². The van der Waals surface area contributed by atoms with Crippen molar-refractivity contribution in [3.8, 4) is 0 Å². The summed E-state index contributed by atoms with van der Waals surface area (Å²) in [6.45, 7) is 4.21.